The highest BCUT2D eigenvalue weighted by atomic mass is 16.5. The molecular weight excluding hydrogens is 396 g/mol. The second-order valence-electron chi connectivity index (χ2n) is 7.09. The third-order valence-corrected chi connectivity index (χ3v) is 4.90. The number of likely N-dealkylation sites (N-methyl/N-ethyl adjacent to an activating group) is 1. The van der Waals surface area contributed by atoms with E-state index >= 15 is 0 Å². The van der Waals surface area contributed by atoms with Crippen LogP contribution in [0.2, 0.25) is 0 Å². The van der Waals surface area contributed by atoms with Crippen LogP contribution in [0.4, 0.5) is 5.69 Å². The molecule has 0 fully saturated rings. The number of carbonyl (C=O) groups excluding carboxylic acids is 2. The second kappa shape index (κ2) is 10.1. The molecule has 0 unspecified atom stereocenters. The van der Waals surface area contributed by atoms with Crippen LogP contribution in [0.5, 0.6) is 11.5 Å². The summed E-state index contributed by atoms with van der Waals surface area (Å²) in [6.45, 7) is 4.97. The average Bonchev–Trinajstić information content (AvgIpc) is 3.03. The number of hydrogen-bond donors (Lipinski definition) is 1. The van der Waals surface area contributed by atoms with Gasteiger partial charge >= 0.3 is 0 Å². The molecule has 2 aromatic carbocycles. The van der Waals surface area contributed by atoms with Gasteiger partial charge in [-0.15, -0.1) is 0 Å². The summed E-state index contributed by atoms with van der Waals surface area (Å²) in [7, 11) is 1.69. The number of rotatable bonds is 10. The lowest BCUT2D eigenvalue weighted by atomic mass is 10.0. The van der Waals surface area contributed by atoms with Crippen LogP contribution < -0.4 is 14.4 Å². The molecule has 0 bridgehead atoms. The van der Waals surface area contributed by atoms with E-state index in [2.05, 4.69) is 0 Å². The number of aliphatic hydroxyl groups excluding tert-OH is 1. The van der Waals surface area contributed by atoms with Crippen molar-refractivity contribution in [2.45, 2.75) is 20.3 Å². The summed E-state index contributed by atoms with van der Waals surface area (Å²) in [6, 6.07) is 14.1. The fourth-order valence-corrected chi connectivity index (χ4v) is 3.47. The van der Waals surface area contributed by atoms with Crippen LogP contribution in [0.25, 0.3) is 5.57 Å². The zero-order valence-electron chi connectivity index (χ0n) is 18.1. The van der Waals surface area contributed by atoms with E-state index in [9.17, 15) is 14.7 Å². The number of hydrogen-bond acceptors (Lipinski definition) is 6. The lowest BCUT2D eigenvalue weighted by Gasteiger charge is -2.21. The van der Waals surface area contributed by atoms with Gasteiger partial charge in [0.2, 0.25) is 0 Å². The van der Waals surface area contributed by atoms with E-state index in [0.29, 0.717) is 36.0 Å². The maximum absolute atomic E-state index is 13.5. The summed E-state index contributed by atoms with van der Waals surface area (Å²) in [5, 5.41) is 9.41. The number of para-hydroxylation sites is 2. The Labute approximate surface area is 182 Å². The molecule has 7 nitrogen and oxygen atoms in total. The summed E-state index contributed by atoms with van der Waals surface area (Å²) in [6.07, 6.45) is 0.802. The molecule has 1 heterocycles. The highest BCUT2D eigenvalue weighted by Crippen LogP contribution is 2.38. The Morgan fingerprint density at radius 3 is 2.32 bits per heavy atom. The smallest absolute Gasteiger partial charge is 0.282 e. The van der Waals surface area contributed by atoms with E-state index in [1.165, 1.54) is 0 Å². The molecule has 31 heavy (non-hydrogen) atoms. The van der Waals surface area contributed by atoms with Crippen LogP contribution in [-0.4, -0.2) is 55.2 Å². The predicted octanol–water partition coefficient (Wildman–Crippen LogP) is 3.08. The van der Waals surface area contributed by atoms with E-state index in [1.54, 1.807) is 60.5 Å². The largest absolute Gasteiger partial charge is 0.494 e. The molecule has 0 aromatic heterocycles. The van der Waals surface area contributed by atoms with Crippen molar-refractivity contribution < 1.29 is 24.2 Å². The summed E-state index contributed by atoms with van der Waals surface area (Å²) < 4.78 is 11.3. The van der Waals surface area contributed by atoms with E-state index in [1.807, 2.05) is 13.8 Å². The number of benzene rings is 2. The van der Waals surface area contributed by atoms with Gasteiger partial charge in [0, 0.05) is 13.6 Å². The Kier molecular flexibility index (Phi) is 7.31. The minimum absolute atomic E-state index is 0.145. The van der Waals surface area contributed by atoms with Crippen molar-refractivity contribution in [3.8, 4) is 11.5 Å². The summed E-state index contributed by atoms with van der Waals surface area (Å²) >= 11 is 0. The van der Waals surface area contributed by atoms with E-state index in [-0.39, 0.29) is 24.4 Å². The summed E-state index contributed by atoms with van der Waals surface area (Å²) in [5.41, 5.74) is 1.54. The van der Waals surface area contributed by atoms with Gasteiger partial charge in [0.25, 0.3) is 11.8 Å². The van der Waals surface area contributed by atoms with E-state index < -0.39 is 11.8 Å². The predicted molar refractivity (Wildman–Crippen MR) is 119 cm³/mol. The molecule has 1 N–H and O–H groups in total. The molecule has 0 saturated carbocycles. The third-order valence-electron chi connectivity index (χ3n) is 4.90. The standard InChI is InChI=1S/C24H28N2O5/c1-4-16-31-20-9-7-6-8-19(20)26-23(28)21(22(24(26)29)25(3)14-15-27)17-10-12-18(13-11-17)30-5-2/h6-13,27H,4-5,14-16H2,1-3H3. The van der Waals surface area contributed by atoms with Gasteiger partial charge in [-0.25, -0.2) is 4.90 Å². The van der Waals surface area contributed by atoms with Crippen LogP contribution in [-0.2, 0) is 9.59 Å². The van der Waals surface area contributed by atoms with Crippen molar-refractivity contribution in [2.24, 2.45) is 0 Å². The Morgan fingerprint density at radius 2 is 1.68 bits per heavy atom. The normalized spacial score (nSPS) is 13.7. The van der Waals surface area contributed by atoms with Gasteiger partial charge in [-0.1, -0.05) is 31.2 Å². The number of anilines is 1. The van der Waals surface area contributed by atoms with Crippen LogP contribution >= 0.6 is 0 Å². The molecule has 7 heteroatoms. The first-order valence-electron chi connectivity index (χ1n) is 10.4. The first-order chi connectivity index (χ1) is 15.0. The highest BCUT2D eigenvalue weighted by molar-refractivity contribution is 6.45. The van der Waals surface area contributed by atoms with Crippen LogP contribution in [0, 0.1) is 0 Å². The van der Waals surface area contributed by atoms with Crippen LogP contribution in [0.3, 0.4) is 0 Å². The molecule has 0 atom stereocenters. The minimum atomic E-state index is -0.447. The monoisotopic (exact) mass is 424 g/mol. The van der Waals surface area contributed by atoms with Crippen molar-refractivity contribution in [1.29, 1.82) is 0 Å². The highest BCUT2D eigenvalue weighted by Gasteiger charge is 2.42. The Hall–Kier alpha value is -3.32. The van der Waals surface area contributed by atoms with Gasteiger partial charge < -0.3 is 19.5 Å². The summed E-state index contributed by atoms with van der Waals surface area (Å²) in [5.74, 6) is 0.283. The molecule has 0 saturated heterocycles. The molecular formula is C24H28N2O5. The average molecular weight is 424 g/mol. The first-order valence-corrected chi connectivity index (χ1v) is 10.4. The van der Waals surface area contributed by atoms with Gasteiger partial charge in [-0.2, -0.15) is 0 Å². The Bertz CT molecular complexity index is 968. The quantitative estimate of drug-likeness (QED) is 0.591. The minimum Gasteiger partial charge on any atom is -0.494 e. The maximum atomic E-state index is 13.5. The molecule has 2 amide bonds. The van der Waals surface area contributed by atoms with Gasteiger partial charge in [-0.05, 0) is 43.2 Å². The van der Waals surface area contributed by atoms with Gasteiger partial charge in [0.1, 0.15) is 17.2 Å². The van der Waals surface area contributed by atoms with Crippen molar-refractivity contribution >= 4 is 23.1 Å². The zero-order chi connectivity index (χ0) is 22.4. The van der Waals surface area contributed by atoms with Crippen molar-refractivity contribution in [1.82, 2.24) is 4.90 Å². The fourth-order valence-electron chi connectivity index (χ4n) is 3.47. The number of carbonyl (C=O) groups is 2. The molecule has 0 spiro atoms. The van der Waals surface area contributed by atoms with Crippen LogP contribution in [0.1, 0.15) is 25.8 Å². The van der Waals surface area contributed by atoms with E-state index in [4.69, 9.17) is 9.47 Å². The molecule has 1 aliphatic rings. The summed E-state index contributed by atoms with van der Waals surface area (Å²) in [4.78, 5) is 29.8. The van der Waals surface area contributed by atoms with Crippen molar-refractivity contribution in [3.63, 3.8) is 0 Å². The molecule has 1 aliphatic heterocycles. The van der Waals surface area contributed by atoms with Crippen molar-refractivity contribution in [3.05, 3.63) is 59.8 Å². The SMILES string of the molecule is CCCOc1ccccc1N1C(=O)C(c2ccc(OCC)cc2)=C(N(C)CCO)C1=O. The number of ether oxygens (including phenoxy) is 2. The Balaban J connectivity index is 2.07. The number of amides is 2. The molecule has 0 radical (unpaired) electrons. The van der Waals surface area contributed by atoms with Gasteiger partial charge in [0.05, 0.1) is 31.1 Å². The lowest BCUT2D eigenvalue weighted by Crippen LogP contribution is -2.35. The lowest BCUT2D eigenvalue weighted by molar-refractivity contribution is -0.120. The fraction of sp³-hybridized carbons (Fsp3) is 0.333. The zero-order valence-corrected chi connectivity index (χ0v) is 18.1. The Morgan fingerprint density at radius 1 is 0.968 bits per heavy atom. The van der Waals surface area contributed by atoms with Gasteiger partial charge in [0.15, 0.2) is 0 Å². The van der Waals surface area contributed by atoms with E-state index in [0.717, 1.165) is 11.3 Å². The number of nitrogens with zero attached hydrogens (tertiary/aromatic N) is 2. The maximum Gasteiger partial charge on any atom is 0.282 e. The molecule has 3 rings (SSSR count). The molecule has 2 aromatic rings. The number of imide groups is 1. The van der Waals surface area contributed by atoms with Crippen molar-refractivity contribution in [2.75, 3.05) is 38.3 Å². The van der Waals surface area contributed by atoms with Gasteiger partial charge in [-0.3, -0.25) is 9.59 Å². The first kappa shape index (κ1) is 22.4. The second-order valence-corrected chi connectivity index (χ2v) is 7.09. The molecule has 164 valence electrons. The molecule has 0 aliphatic carbocycles. The third kappa shape index (κ3) is 4.56. The topological polar surface area (TPSA) is 79.3 Å². The number of aliphatic hydroxyl groups is 1. The van der Waals surface area contributed by atoms with Crippen LogP contribution in [0.15, 0.2) is 54.2 Å².